The van der Waals surface area contributed by atoms with E-state index in [1.54, 1.807) is 6.92 Å². The number of hydrogen-bond donors (Lipinski definition) is 3. The molecule has 4 saturated carbocycles. The number of Topliss-reactive ketones (excluding diaryl/α,β-unsaturated/α-hetero) is 1. The van der Waals surface area contributed by atoms with Gasteiger partial charge in [0.2, 0.25) is 0 Å². The Bertz CT molecular complexity index is 970. The van der Waals surface area contributed by atoms with Gasteiger partial charge in [-0.3, -0.25) is 9.59 Å². The van der Waals surface area contributed by atoms with E-state index in [0.29, 0.717) is 24.3 Å². The van der Waals surface area contributed by atoms with Gasteiger partial charge in [-0.15, -0.1) is 0 Å². The Morgan fingerprint density at radius 1 is 0.824 bits per heavy atom. The van der Waals surface area contributed by atoms with Crippen molar-refractivity contribution in [3.63, 3.8) is 0 Å². The SMILES string of the molecule is CC1=C2C(O)CC3C(C)(CCC4(C)C5CC(C)(C(=O)O)CCC5(C)CCC34C)C2CC(O)C1=O. The van der Waals surface area contributed by atoms with E-state index in [4.69, 9.17) is 0 Å². The molecule has 5 heteroatoms. The molecule has 3 N–H and O–H groups in total. The predicted molar refractivity (Wildman–Crippen MR) is 130 cm³/mol. The van der Waals surface area contributed by atoms with Gasteiger partial charge in [0, 0.05) is 0 Å². The van der Waals surface area contributed by atoms with Gasteiger partial charge >= 0.3 is 5.97 Å². The van der Waals surface area contributed by atoms with E-state index < -0.39 is 23.6 Å². The van der Waals surface area contributed by atoms with Crippen molar-refractivity contribution >= 4 is 11.8 Å². The van der Waals surface area contributed by atoms with Crippen LogP contribution in [0.3, 0.4) is 0 Å². The van der Waals surface area contributed by atoms with Gasteiger partial charge in [-0.2, -0.15) is 0 Å². The summed E-state index contributed by atoms with van der Waals surface area (Å²) in [5.74, 6) is -0.238. The van der Waals surface area contributed by atoms with Crippen molar-refractivity contribution in [3.05, 3.63) is 11.1 Å². The second kappa shape index (κ2) is 7.18. The van der Waals surface area contributed by atoms with E-state index in [1.807, 2.05) is 6.92 Å². The van der Waals surface area contributed by atoms with Crippen LogP contribution in [-0.2, 0) is 9.59 Å². The van der Waals surface area contributed by atoms with Gasteiger partial charge in [-0.25, -0.2) is 0 Å². The number of ketones is 1. The number of hydrogen-bond acceptors (Lipinski definition) is 4. The summed E-state index contributed by atoms with van der Waals surface area (Å²) < 4.78 is 0. The molecule has 5 rings (SSSR count). The Kier molecular flexibility index (Phi) is 5.18. The molecule has 0 amide bonds. The molecule has 5 aliphatic rings. The number of fused-ring (bicyclic) bond motifs is 7. The van der Waals surface area contributed by atoms with Crippen molar-refractivity contribution < 1.29 is 24.9 Å². The third-order valence-corrected chi connectivity index (χ3v) is 12.9. The molecular formula is C29H44O5. The maximum Gasteiger partial charge on any atom is 0.309 e. The van der Waals surface area contributed by atoms with Gasteiger partial charge in [-0.05, 0) is 122 Å². The highest BCUT2D eigenvalue weighted by molar-refractivity contribution is 6.00. The Labute approximate surface area is 204 Å². The molecule has 5 nitrogen and oxygen atoms in total. The number of carbonyl (C=O) groups excluding carboxylic acids is 1. The summed E-state index contributed by atoms with van der Waals surface area (Å²) in [6.45, 7) is 13.4. The summed E-state index contributed by atoms with van der Waals surface area (Å²) in [7, 11) is 0. The van der Waals surface area contributed by atoms with Crippen LogP contribution in [0.25, 0.3) is 0 Å². The van der Waals surface area contributed by atoms with E-state index >= 15 is 0 Å². The second-order valence-electron chi connectivity index (χ2n) is 14.2. The Hall–Kier alpha value is -1.20. The van der Waals surface area contributed by atoms with E-state index in [9.17, 15) is 24.9 Å². The monoisotopic (exact) mass is 472 g/mol. The summed E-state index contributed by atoms with van der Waals surface area (Å²) in [4.78, 5) is 24.9. The molecule has 0 spiro atoms. The number of rotatable bonds is 1. The lowest BCUT2D eigenvalue weighted by Crippen LogP contribution is -2.67. The molecule has 0 heterocycles. The molecular weight excluding hydrogens is 428 g/mol. The minimum atomic E-state index is -0.970. The Morgan fingerprint density at radius 3 is 2.06 bits per heavy atom. The third kappa shape index (κ3) is 2.86. The average molecular weight is 473 g/mol. The smallest absolute Gasteiger partial charge is 0.309 e. The first-order valence-corrected chi connectivity index (χ1v) is 13.5. The minimum Gasteiger partial charge on any atom is -0.481 e. The molecule has 0 aromatic heterocycles. The van der Waals surface area contributed by atoms with Crippen LogP contribution in [0.5, 0.6) is 0 Å². The van der Waals surface area contributed by atoms with Crippen LogP contribution in [0.4, 0.5) is 0 Å². The third-order valence-electron chi connectivity index (χ3n) is 12.9. The molecule has 0 aliphatic heterocycles. The molecule has 10 atom stereocenters. The molecule has 0 radical (unpaired) electrons. The zero-order valence-corrected chi connectivity index (χ0v) is 21.9. The Morgan fingerprint density at radius 2 is 1.41 bits per heavy atom. The molecule has 10 unspecified atom stereocenters. The zero-order valence-electron chi connectivity index (χ0n) is 21.9. The van der Waals surface area contributed by atoms with Crippen LogP contribution in [0.1, 0.15) is 99.3 Å². The molecule has 0 aromatic carbocycles. The predicted octanol–water partition coefficient (Wildman–Crippen LogP) is 5.14. The first kappa shape index (κ1) is 24.5. The highest BCUT2D eigenvalue weighted by Gasteiger charge is 2.70. The topological polar surface area (TPSA) is 94.8 Å². The lowest BCUT2D eigenvalue weighted by Gasteiger charge is -2.73. The number of carboxylic acids is 1. The van der Waals surface area contributed by atoms with Gasteiger partial charge in [0.15, 0.2) is 5.78 Å². The number of aliphatic hydroxyl groups is 2. The van der Waals surface area contributed by atoms with Crippen LogP contribution in [0, 0.1) is 44.8 Å². The Balaban J connectivity index is 1.59. The summed E-state index contributed by atoms with van der Waals surface area (Å²) in [5, 5.41) is 32.1. The number of carboxylic acid groups (broad SMARTS) is 1. The number of aliphatic hydroxyl groups excluding tert-OH is 2. The van der Waals surface area contributed by atoms with Crippen molar-refractivity contribution in [2.45, 2.75) is 112 Å². The molecule has 0 bridgehead atoms. The second-order valence-corrected chi connectivity index (χ2v) is 14.2. The zero-order chi connectivity index (χ0) is 25.1. The van der Waals surface area contributed by atoms with Crippen LogP contribution < -0.4 is 0 Å². The van der Waals surface area contributed by atoms with Gasteiger partial charge in [0.1, 0.15) is 6.10 Å². The lowest BCUT2D eigenvalue weighted by molar-refractivity contribution is -0.241. The first-order chi connectivity index (χ1) is 15.6. The van der Waals surface area contributed by atoms with Crippen molar-refractivity contribution in [2.75, 3.05) is 0 Å². The van der Waals surface area contributed by atoms with Gasteiger partial charge < -0.3 is 15.3 Å². The van der Waals surface area contributed by atoms with Gasteiger partial charge in [0.25, 0.3) is 0 Å². The lowest BCUT2D eigenvalue weighted by atomic mass is 9.31. The van der Waals surface area contributed by atoms with Crippen molar-refractivity contribution in [1.29, 1.82) is 0 Å². The van der Waals surface area contributed by atoms with Crippen LogP contribution in [-0.4, -0.2) is 39.3 Å². The van der Waals surface area contributed by atoms with E-state index in [1.165, 1.54) is 0 Å². The maximum atomic E-state index is 12.6. The fourth-order valence-electron chi connectivity index (χ4n) is 10.2. The minimum absolute atomic E-state index is 0.000388. The highest BCUT2D eigenvalue weighted by atomic mass is 16.4. The van der Waals surface area contributed by atoms with E-state index in [2.05, 4.69) is 27.7 Å². The summed E-state index contributed by atoms with van der Waals surface area (Å²) in [6.07, 6.45) is 6.17. The molecule has 34 heavy (non-hydrogen) atoms. The fourth-order valence-corrected chi connectivity index (χ4v) is 10.2. The van der Waals surface area contributed by atoms with Crippen molar-refractivity contribution in [1.82, 2.24) is 0 Å². The molecule has 190 valence electrons. The quantitative estimate of drug-likeness (QED) is 0.491. The van der Waals surface area contributed by atoms with Crippen molar-refractivity contribution in [3.8, 4) is 0 Å². The summed E-state index contributed by atoms with van der Waals surface area (Å²) in [5.41, 5.74) is 0.866. The maximum absolute atomic E-state index is 12.6. The average Bonchev–Trinajstić information content (AvgIpc) is 2.77. The largest absolute Gasteiger partial charge is 0.481 e. The molecule has 5 aliphatic carbocycles. The van der Waals surface area contributed by atoms with E-state index in [0.717, 1.165) is 50.5 Å². The van der Waals surface area contributed by atoms with Crippen LogP contribution in [0.2, 0.25) is 0 Å². The summed E-state index contributed by atoms with van der Waals surface area (Å²) in [6, 6.07) is 0. The van der Waals surface area contributed by atoms with E-state index in [-0.39, 0.29) is 39.3 Å². The number of carbonyl (C=O) groups is 2. The summed E-state index contributed by atoms with van der Waals surface area (Å²) >= 11 is 0. The molecule has 0 saturated heterocycles. The first-order valence-electron chi connectivity index (χ1n) is 13.5. The fraction of sp³-hybridized carbons (Fsp3) is 0.862. The van der Waals surface area contributed by atoms with Gasteiger partial charge in [-0.1, -0.05) is 27.7 Å². The standard InChI is InChI=1S/C29H44O5/c1-16-22-17(13-19(31)23(16)32)27(4)10-12-29(6)21-15-26(3,24(33)34)8-7-25(21,2)9-11-28(29,5)20(27)14-18(22)30/h17-21,30-31H,7-15H2,1-6H3,(H,33,34). The van der Waals surface area contributed by atoms with Gasteiger partial charge in [0.05, 0.1) is 11.5 Å². The number of aliphatic carboxylic acids is 1. The molecule has 4 fully saturated rings. The molecule has 0 aromatic rings. The van der Waals surface area contributed by atoms with Crippen LogP contribution >= 0.6 is 0 Å². The van der Waals surface area contributed by atoms with Crippen LogP contribution in [0.15, 0.2) is 11.1 Å². The normalized spacial score (nSPS) is 55.1. The highest BCUT2D eigenvalue weighted by Crippen LogP contribution is 2.77. The van der Waals surface area contributed by atoms with Crippen molar-refractivity contribution in [2.24, 2.45) is 44.8 Å².